The molecule has 1 aliphatic heterocycles. The first kappa shape index (κ1) is 16.8. The summed E-state index contributed by atoms with van der Waals surface area (Å²) in [6.45, 7) is 7.23. The molecule has 122 valence electrons. The first-order chi connectivity index (χ1) is 10.0. The minimum atomic E-state index is -0.162. The second-order valence-electron chi connectivity index (χ2n) is 6.98. The molecule has 4 nitrogen and oxygen atoms in total. The summed E-state index contributed by atoms with van der Waals surface area (Å²) >= 11 is 0. The second-order valence-corrected chi connectivity index (χ2v) is 6.98. The fourth-order valence-corrected chi connectivity index (χ4v) is 4.19. The van der Waals surface area contributed by atoms with Crippen LogP contribution in [0.15, 0.2) is 0 Å². The van der Waals surface area contributed by atoms with Gasteiger partial charge in [-0.05, 0) is 52.5 Å². The molecule has 0 radical (unpaired) electrons. The van der Waals surface area contributed by atoms with Crippen LogP contribution >= 0.6 is 0 Å². The second kappa shape index (κ2) is 7.59. The van der Waals surface area contributed by atoms with Crippen LogP contribution in [0.1, 0.15) is 65.7 Å². The predicted molar refractivity (Wildman–Crippen MR) is 85.1 cm³/mol. The van der Waals surface area contributed by atoms with Crippen molar-refractivity contribution in [2.24, 2.45) is 5.92 Å². The van der Waals surface area contributed by atoms with Crippen LogP contribution in [0.4, 0.5) is 0 Å². The highest BCUT2D eigenvalue weighted by Gasteiger charge is 2.41. The van der Waals surface area contributed by atoms with Crippen molar-refractivity contribution in [2.75, 3.05) is 6.54 Å². The van der Waals surface area contributed by atoms with Gasteiger partial charge in [0.25, 0.3) is 0 Å². The van der Waals surface area contributed by atoms with Gasteiger partial charge in [0.05, 0.1) is 12.1 Å². The lowest BCUT2D eigenvalue weighted by Crippen LogP contribution is -2.51. The zero-order chi connectivity index (χ0) is 15.4. The Morgan fingerprint density at radius 1 is 1.29 bits per heavy atom. The number of aliphatic hydroxyl groups is 1. The average Bonchev–Trinajstić information content (AvgIpc) is 3.05. The van der Waals surface area contributed by atoms with Crippen molar-refractivity contribution in [2.45, 2.75) is 89.9 Å². The molecule has 0 aromatic carbocycles. The van der Waals surface area contributed by atoms with E-state index in [-0.39, 0.29) is 24.1 Å². The molecule has 1 saturated heterocycles. The molecule has 2 fully saturated rings. The van der Waals surface area contributed by atoms with E-state index >= 15 is 0 Å². The summed E-state index contributed by atoms with van der Waals surface area (Å²) < 4.78 is 0. The number of hydrogen-bond donors (Lipinski definition) is 2. The SMILES string of the molecule is CCCC(C)NC(=O)C(C)N1CCCC1C1CCCC1O. The van der Waals surface area contributed by atoms with E-state index in [1.807, 2.05) is 6.92 Å². The molecule has 21 heavy (non-hydrogen) atoms. The Morgan fingerprint density at radius 2 is 2.05 bits per heavy atom. The Bertz CT molecular complexity index is 348. The van der Waals surface area contributed by atoms with Gasteiger partial charge < -0.3 is 10.4 Å². The molecule has 1 amide bonds. The van der Waals surface area contributed by atoms with Gasteiger partial charge in [-0.25, -0.2) is 0 Å². The largest absolute Gasteiger partial charge is 0.393 e. The topological polar surface area (TPSA) is 52.6 Å². The van der Waals surface area contributed by atoms with Gasteiger partial charge in [0.1, 0.15) is 0 Å². The molecule has 1 heterocycles. The monoisotopic (exact) mass is 296 g/mol. The smallest absolute Gasteiger partial charge is 0.237 e. The van der Waals surface area contributed by atoms with Crippen LogP contribution in [-0.2, 0) is 4.79 Å². The van der Waals surface area contributed by atoms with Crippen molar-refractivity contribution >= 4 is 5.91 Å². The lowest BCUT2D eigenvalue weighted by Gasteiger charge is -2.35. The number of carbonyl (C=O) groups excluding carboxylic acids is 1. The Kier molecular flexibility index (Phi) is 6.06. The van der Waals surface area contributed by atoms with E-state index in [1.165, 1.54) is 0 Å². The summed E-state index contributed by atoms with van der Waals surface area (Å²) in [5.74, 6) is 0.520. The number of hydrogen-bond acceptors (Lipinski definition) is 3. The molecule has 5 atom stereocenters. The Morgan fingerprint density at radius 3 is 2.67 bits per heavy atom. The van der Waals surface area contributed by atoms with Gasteiger partial charge in [-0.15, -0.1) is 0 Å². The highest BCUT2D eigenvalue weighted by molar-refractivity contribution is 5.81. The lowest BCUT2D eigenvalue weighted by molar-refractivity contribution is -0.127. The average molecular weight is 296 g/mol. The highest BCUT2D eigenvalue weighted by atomic mass is 16.3. The quantitative estimate of drug-likeness (QED) is 0.791. The molecule has 0 bridgehead atoms. The summed E-state index contributed by atoms with van der Waals surface area (Å²) in [6.07, 6.45) is 7.42. The number of rotatable bonds is 6. The molecule has 0 spiro atoms. The molecule has 4 heteroatoms. The highest BCUT2D eigenvalue weighted by Crippen LogP contribution is 2.36. The van der Waals surface area contributed by atoms with Crippen molar-refractivity contribution in [3.8, 4) is 0 Å². The molecule has 2 N–H and O–H groups in total. The Balaban J connectivity index is 1.93. The number of nitrogens with one attached hydrogen (secondary N) is 1. The van der Waals surface area contributed by atoms with Gasteiger partial charge in [0.2, 0.25) is 5.91 Å². The lowest BCUT2D eigenvalue weighted by atomic mass is 9.93. The summed E-state index contributed by atoms with van der Waals surface area (Å²) in [7, 11) is 0. The van der Waals surface area contributed by atoms with Crippen LogP contribution in [0.2, 0.25) is 0 Å². The van der Waals surface area contributed by atoms with Gasteiger partial charge in [0, 0.05) is 18.0 Å². The maximum Gasteiger partial charge on any atom is 0.237 e. The summed E-state index contributed by atoms with van der Waals surface area (Å²) in [5.41, 5.74) is 0. The van der Waals surface area contributed by atoms with Crippen molar-refractivity contribution in [3.05, 3.63) is 0 Å². The summed E-state index contributed by atoms with van der Waals surface area (Å²) in [6, 6.07) is 0.567. The van der Waals surface area contributed by atoms with Gasteiger partial charge >= 0.3 is 0 Å². The zero-order valence-corrected chi connectivity index (χ0v) is 13.8. The zero-order valence-electron chi connectivity index (χ0n) is 13.8. The maximum atomic E-state index is 12.4. The van der Waals surface area contributed by atoms with Crippen molar-refractivity contribution in [1.82, 2.24) is 10.2 Å². The molecule has 1 saturated carbocycles. The third-order valence-corrected chi connectivity index (χ3v) is 5.36. The van der Waals surface area contributed by atoms with E-state index < -0.39 is 0 Å². The number of nitrogens with zero attached hydrogens (tertiary/aromatic N) is 1. The normalized spacial score (nSPS) is 33.0. The van der Waals surface area contributed by atoms with Crippen LogP contribution in [-0.4, -0.2) is 46.7 Å². The minimum absolute atomic E-state index is 0.0791. The van der Waals surface area contributed by atoms with E-state index in [4.69, 9.17) is 0 Å². The first-order valence-corrected chi connectivity index (χ1v) is 8.78. The maximum absolute atomic E-state index is 12.4. The molecule has 2 aliphatic rings. The van der Waals surface area contributed by atoms with Crippen molar-refractivity contribution < 1.29 is 9.90 Å². The Hall–Kier alpha value is -0.610. The van der Waals surface area contributed by atoms with E-state index in [1.54, 1.807) is 0 Å². The molecular weight excluding hydrogens is 264 g/mol. The van der Waals surface area contributed by atoms with Crippen molar-refractivity contribution in [3.63, 3.8) is 0 Å². The van der Waals surface area contributed by atoms with Gasteiger partial charge in [-0.2, -0.15) is 0 Å². The minimum Gasteiger partial charge on any atom is -0.393 e. The van der Waals surface area contributed by atoms with E-state index in [2.05, 4.69) is 24.1 Å². The van der Waals surface area contributed by atoms with Crippen molar-refractivity contribution in [1.29, 1.82) is 0 Å². The number of carbonyl (C=O) groups is 1. The fourth-order valence-electron chi connectivity index (χ4n) is 4.19. The molecule has 0 aromatic rings. The van der Waals surface area contributed by atoms with Crippen LogP contribution in [0.25, 0.3) is 0 Å². The number of likely N-dealkylation sites (tertiary alicyclic amines) is 1. The van der Waals surface area contributed by atoms with E-state index in [9.17, 15) is 9.90 Å². The van der Waals surface area contributed by atoms with E-state index in [0.717, 1.165) is 51.5 Å². The molecule has 1 aliphatic carbocycles. The first-order valence-electron chi connectivity index (χ1n) is 8.78. The molecule has 5 unspecified atom stereocenters. The number of amides is 1. The molecular formula is C17H32N2O2. The summed E-state index contributed by atoms with van der Waals surface area (Å²) in [5, 5.41) is 13.3. The number of aliphatic hydroxyl groups excluding tert-OH is 1. The Labute approximate surface area is 129 Å². The molecule has 2 rings (SSSR count). The third-order valence-electron chi connectivity index (χ3n) is 5.36. The van der Waals surface area contributed by atoms with Gasteiger partial charge in [0.15, 0.2) is 0 Å². The standard InChI is InChI=1S/C17H32N2O2/c1-4-7-12(2)18-17(21)13(3)19-11-6-9-15(19)14-8-5-10-16(14)20/h12-16,20H,4-11H2,1-3H3,(H,18,21). The van der Waals surface area contributed by atoms with E-state index in [0.29, 0.717) is 12.0 Å². The molecule has 0 aromatic heterocycles. The van der Waals surface area contributed by atoms with Crippen LogP contribution in [0.5, 0.6) is 0 Å². The predicted octanol–water partition coefficient (Wildman–Crippen LogP) is 2.31. The third kappa shape index (κ3) is 3.98. The van der Waals surface area contributed by atoms with Crippen LogP contribution in [0, 0.1) is 5.92 Å². The van der Waals surface area contributed by atoms with Gasteiger partial charge in [-0.3, -0.25) is 9.69 Å². The summed E-state index contributed by atoms with van der Waals surface area (Å²) in [4.78, 5) is 14.8. The van der Waals surface area contributed by atoms with Crippen LogP contribution < -0.4 is 5.32 Å². The van der Waals surface area contributed by atoms with Gasteiger partial charge in [-0.1, -0.05) is 19.8 Å². The van der Waals surface area contributed by atoms with Crippen LogP contribution in [0.3, 0.4) is 0 Å². The fraction of sp³-hybridized carbons (Fsp3) is 0.941.